The minimum absolute atomic E-state index is 0.577. The van der Waals surface area contributed by atoms with Crippen molar-refractivity contribution in [2.24, 2.45) is 0 Å². The van der Waals surface area contributed by atoms with E-state index in [4.69, 9.17) is 38.7 Å². The Kier molecular flexibility index (Phi) is 17.0. The first-order chi connectivity index (χ1) is 58.4. The highest BCUT2D eigenvalue weighted by molar-refractivity contribution is 6.16. The van der Waals surface area contributed by atoms with Gasteiger partial charge in [0.05, 0.1) is 22.1 Å². The third-order valence-electron chi connectivity index (χ3n) is 22.5. The number of hydrogen-bond donors (Lipinski definition) is 0. The van der Waals surface area contributed by atoms with Gasteiger partial charge in [0, 0.05) is 87.8 Å². The lowest BCUT2D eigenvalue weighted by Gasteiger charge is -2.12. The van der Waals surface area contributed by atoms with Crippen molar-refractivity contribution in [3.05, 3.63) is 413 Å². The summed E-state index contributed by atoms with van der Waals surface area (Å²) in [7, 11) is 0. The molecular weight excluding hydrogens is 1440 g/mol. The molecule has 0 aliphatic heterocycles. The Labute approximate surface area is 678 Å². The predicted molar refractivity (Wildman–Crippen MR) is 483 cm³/mol. The summed E-state index contributed by atoms with van der Waals surface area (Å²) in [6.07, 6.45) is 0. The van der Waals surface area contributed by atoms with Gasteiger partial charge in [-0.3, -0.25) is 0 Å². The summed E-state index contributed by atoms with van der Waals surface area (Å²) >= 11 is 0. The Hall–Kier alpha value is -16.0. The molecule has 118 heavy (non-hydrogen) atoms. The third kappa shape index (κ3) is 12.6. The fourth-order valence-corrected chi connectivity index (χ4v) is 16.8. The fourth-order valence-electron chi connectivity index (χ4n) is 16.8. The lowest BCUT2D eigenvalue weighted by Crippen LogP contribution is -2.00. The smallest absolute Gasteiger partial charge is 0.164 e. The molecule has 6 aromatic heterocycles. The zero-order valence-corrected chi connectivity index (χ0v) is 63.7. The van der Waals surface area contributed by atoms with E-state index in [1.54, 1.807) is 0 Å². The lowest BCUT2D eigenvalue weighted by atomic mass is 9.99. The number of fused-ring (bicyclic) bond motifs is 12. The molecule has 0 aliphatic rings. The zero-order chi connectivity index (χ0) is 78.0. The predicted octanol–water partition coefficient (Wildman–Crippen LogP) is 28.1. The highest BCUT2D eigenvalue weighted by Gasteiger charge is 2.22. The van der Waals surface area contributed by atoms with Crippen molar-refractivity contribution in [3.8, 4) is 135 Å². The van der Waals surface area contributed by atoms with Gasteiger partial charge >= 0.3 is 0 Å². The van der Waals surface area contributed by atoms with Gasteiger partial charge < -0.3 is 18.0 Å². The van der Waals surface area contributed by atoms with Gasteiger partial charge in [-0.2, -0.15) is 0 Å². The SMILES string of the molecule is c1ccc(-c2ccc(-c3nc(-c4cccc(-c5cccc(-n6c7ccccc7c7c(-c8ccccc8)cccc76)c5)c4)nc(-c4ccc5c(c4)oc4ccccc45)n3)cc2)cc1.c1ccc(-c2ccc3c(c2)c2ccccc2n3-c2cccc(-c3cccc(-c4nc(-c5ccccc5)nc(-c5ccc6c(c5)oc5ccccc56)n4)c3)c2)cc1. The van der Waals surface area contributed by atoms with Gasteiger partial charge in [-0.15, -0.1) is 0 Å². The Morgan fingerprint density at radius 3 is 0.992 bits per heavy atom. The molecule has 0 N–H and O–H groups in total. The molecule has 23 aromatic rings. The van der Waals surface area contributed by atoms with Crippen LogP contribution in [-0.4, -0.2) is 39.0 Å². The molecule has 10 heteroatoms. The molecule has 6 heterocycles. The molecule has 17 aromatic carbocycles. The van der Waals surface area contributed by atoms with E-state index in [9.17, 15) is 0 Å². The highest BCUT2D eigenvalue weighted by Crippen LogP contribution is 2.43. The molecule has 10 nitrogen and oxygen atoms in total. The number of benzene rings is 17. The van der Waals surface area contributed by atoms with E-state index in [0.29, 0.717) is 34.9 Å². The molecule has 552 valence electrons. The van der Waals surface area contributed by atoms with Crippen LogP contribution >= 0.6 is 0 Å². The number of para-hydroxylation sites is 4. The average molecular weight is 1510 g/mol. The number of rotatable bonds is 13. The molecule has 0 spiro atoms. The van der Waals surface area contributed by atoms with E-state index in [-0.39, 0.29) is 0 Å². The van der Waals surface area contributed by atoms with Crippen LogP contribution in [0.15, 0.2) is 421 Å². The second kappa shape index (κ2) is 29.2. The van der Waals surface area contributed by atoms with Crippen molar-refractivity contribution in [3.63, 3.8) is 0 Å². The molecule has 0 bridgehead atoms. The minimum atomic E-state index is 0.577. The van der Waals surface area contributed by atoms with E-state index in [0.717, 1.165) is 122 Å². The summed E-state index contributed by atoms with van der Waals surface area (Å²) in [4.78, 5) is 30.5. The summed E-state index contributed by atoms with van der Waals surface area (Å²) in [6.45, 7) is 0. The van der Waals surface area contributed by atoms with Crippen LogP contribution in [0.5, 0.6) is 0 Å². The van der Waals surface area contributed by atoms with Crippen LogP contribution in [-0.2, 0) is 0 Å². The number of aromatic nitrogens is 8. The molecule has 0 atom stereocenters. The lowest BCUT2D eigenvalue weighted by molar-refractivity contribution is 0.668. The van der Waals surface area contributed by atoms with Crippen molar-refractivity contribution < 1.29 is 8.83 Å². The Balaban J connectivity index is 0.000000143. The Bertz CT molecular complexity index is 7800. The fraction of sp³-hybridized carbons (Fsp3) is 0. The second-order valence-corrected chi connectivity index (χ2v) is 29.7. The van der Waals surface area contributed by atoms with Gasteiger partial charge in [0.15, 0.2) is 34.9 Å². The largest absolute Gasteiger partial charge is 0.456 e. The summed E-state index contributed by atoms with van der Waals surface area (Å²) in [5, 5.41) is 9.23. The molecule has 0 aliphatic carbocycles. The van der Waals surface area contributed by atoms with E-state index < -0.39 is 0 Å². The van der Waals surface area contributed by atoms with Crippen molar-refractivity contribution in [1.82, 2.24) is 39.0 Å². The van der Waals surface area contributed by atoms with E-state index in [2.05, 4.69) is 337 Å². The highest BCUT2D eigenvalue weighted by atomic mass is 16.3. The van der Waals surface area contributed by atoms with Crippen molar-refractivity contribution in [2.45, 2.75) is 0 Å². The maximum Gasteiger partial charge on any atom is 0.164 e. The van der Waals surface area contributed by atoms with Crippen LogP contribution in [0.1, 0.15) is 0 Å². The third-order valence-corrected chi connectivity index (χ3v) is 22.5. The van der Waals surface area contributed by atoms with Gasteiger partial charge in [-0.25, -0.2) is 29.9 Å². The molecule has 0 unspecified atom stereocenters. The van der Waals surface area contributed by atoms with E-state index in [1.165, 1.54) is 65.9 Å². The molecule has 0 amide bonds. The first kappa shape index (κ1) is 68.7. The van der Waals surface area contributed by atoms with Crippen LogP contribution in [0.3, 0.4) is 0 Å². The Morgan fingerprint density at radius 2 is 0.466 bits per heavy atom. The molecule has 0 saturated heterocycles. The summed E-state index contributed by atoms with van der Waals surface area (Å²) in [5.74, 6) is 3.58. The van der Waals surface area contributed by atoms with Gasteiger partial charge in [-0.05, 0) is 159 Å². The molecular formula is C108H68N8O2. The maximum absolute atomic E-state index is 6.30. The zero-order valence-electron chi connectivity index (χ0n) is 63.7. The van der Waals surface area contributed by atoms with Crippen LogP contribution in [0, 0.1) is 0 Å². The van der Waals surface area contributed by atoms with Crippen LogP contribution in [0.4, 0.5) is 0 Å². The van der Waals surface area contributed by atoms with Gasteiger partial charge in [0.1, 0.15) is 22.3 Å². The average Bonchev–Trinajstić information content (AvgIpc) is 1.58. The maximum atomic E-state index is 6.30. The van der Waals surface area contributed by atoms with Crippen molar-refractivity contribution in [2.75, 3.05) is 0 Å². The van der Waals surface area contributed by atoms with Gasteiger partial charge in [0.25, 0.3) is 0 Å². The number of hydrogen-bond acceptors (Lipinski definition) is 8. The van der Waals surface area contributed by atoms with Crippen LogP contribution in [0.25, 0.3) is 223 Å². The summed E-state index contributed by atoms with van der Waals surface area (Å²) in [6, 6.07) is 144. The van der Waals surface area contributed by atoms with Gasteiger partial charge in [0.2, 0.25) is 0 Å². The van der Waals surface area contributed by atoms with Gasteiger partial charge in [-0.1, -0.05) is 309 Å². The Morgan fingerprint density at radius 1 is 0.161 bits per heavy atom. The second-order valence-electron chi connectivity index (χ2n) is 29.7. The summed E-state index contributed by atoms with van der Waals surface area (Å²) in [5.41, 5.74) is 27.0. The minimum Gasteiger partial charge on any atom is -0.456 e. The monoisotopic (exact) mass is 1510 g/mol. The van der Waals surface area contributed by atoms with Crippen LogP contribution in [0.2, 0.25) is 0 Å². The summed E-state index contributed by atoms with van der Waals surface area (Å²) < 4.78 is 17.3. The standard InChI is InChI=1S/C57H36N4O.C51H32N4O/c1-3-14-37(15-4-1)38-28-30-40(31-29-38)55-58-56(60-57(59-55)44-32-33-48-47-22-8-10-27-52(47)62-53(48)36-44)43-20-11-18-41(34-43)42-19-12-21-45(35-42)61-50-25-9-7-23-49(50)54-46(24-13-26-51(54)61)39-16-5-2-6-17-39;1-3-13-33(14-4-1)37-26-28-46-44(31-37)41-21-7-9-23-45(41)55(46)40-20-12-18-36(30-40)35-17-11-19-38(29-35)50-52-49(34-15-5-2-6-16-34)53-51(54-50)39-25-27-43-42-22-8-10-24-47(42)56-48(43)32-39/h1-36H;1-32H. The topological polar surface area (TPSA) is 113 Å². The van der Waals surface area contributed by atoms with E-state index in [1.807, 2.05) is 84.9 Å². The molecule has 0 radical (unpaired) electrons. The molecule has 0 saturated carbocycles. The number of nitrogens with zero attached hydrogens (tertiary/aromatic N) is 8. The normalized spacial score (nSPS) is 11.6. The molecule has 0 fully saturated rings. The molecule has 23 rings (SSSR count). The van der Waals surface area contributed by atoms with Crippen molar-refractivity contribution >= 4 is 87.5 Å². The quantitative estimate of drug-likeness (QED) is 0.112. The first-order valence-electron chi connectivity index (χ1n) is 39.6. The van der Waals surface area contributed by atoms with Crippen molar-refractivity contribution in [1.29, 1.82) is 0 Å². The van der Waals surface area contributed by atoms with E-state index >= 15 is 0 Å². The van der Waals surface area contributed by atoms with Crippen LogP contribution < -0.4 is 0 Å². The number of furan rings is 2. The first-order valence-corrected chi connectivity index (χ1v) is 39.6.